The van der Waals surface area contributed by atoms with Gasteiger partial charge in [0, 0.05) is 0 Å². The number of hydrogen-bond donors (Lipinski definition) is 0. The van der Waals surface area contributed by atoms with E-state index >= 15 is 0 Å². The molecule has 4 aliphatic carbocycles. The first-order chi connectivity index (χ1) is 4.77. The van der Waals surface area contributed by atoms with E-state index in [0.29, 0.717) is 0 Å². The average Bonchev–Trinajstić information content (AvgIpc) is 2.56. The predicted octanol–water partition coefficient (Wildman–Crippen LogP) is 2.61. The van der Waals surface area contributed by atoms with Gasteiger partial charge in [0.15, 0.2) is 0 Å². The third-order valence-corrected chi connectivity index (χ3v) is 4.05. The molecule has 4 fully saturated rings. The van der Waals surface area contributed by atoms with Gasteiger partial charge in [0.05, 0.1) is 0 Å². The lowest BCUT2D eigenvalue weighted by molar-refractivity contribution is 0.488. The Balaban J connectivity index is 1.81. The summed E-state index contributed by atoms with van der Waals surface area (Å²) in [5, 5.41) is 0. The molecule has 10 heavy (non-hydrogen) atoms. The van der Waals surface area contributed by atoms with Gasteiger partial charge in [-0.25, -0.2) is 0 Å². The zero-order chi connectivity index (χ0) is 6.93. The van der Waals surface area contributed by atoms with Gasteiger partial charge in [-0.15, -0.1) is 6.58 Å². The van der Waals surface area contributed by atoms with Crippen molar-refractivity contribution in [2.75, 3.05) is 0 Å². The molecule has 0 aromatic heterocycles. The van der Waals surface area contributed by atoms with Crippen LogP contribution in [0.2, 0.25) is 0 Å². The van der Waals surface area contributed by atoms with Crippen molar-refractivity contribution in [2.24, 2.45) is 23.2 Å². The number of hydrogen-bond acceptors (Lipinski definition) is 0. The molecule has 0 heteroatoms. The molecule has 0 saturated heterocycles. The van der Waals surface area contributed by atoms with E-state index in [1.54, 1.807) is 12.8 Å². The van der Waals surface area contributed by atoms with Crippen molar-refractivity contribution in [2.45, 2.75) is 26.2 Å². The fourth-order valence-corrected chi connectivity index (χ4v) is 3.74. The fourth-order valence-electron chi connectivity index (χ4n) is 3.74. The molecule has 0 nitrogen and oxygen atoms in total. The monoisotopic (exact) mass is 134 g/mol. The first kappa shape index (κ1) is 5.40. The van der Waals surface area contributed by atoms with Crippen LogP contribution >= 0.6 is 0 Å². The maximum atomic E-state index is 4.00. The maximum absolute atomic E-state index is 4.00. The van der Waals surface area contributed by atoms with Gasteiger partial charge in [0.2, 0.25) is 0 Å². The van der Waals surface area contributed by atoms with Gasteiger partial charge in [-0.3, -0.25) is 0 Å². The van der Waals surface area contributed by atoms with E-state index in [1.165, 1.54) is 17.9 Å². The maximum Gasteiger partial charge on any atom is -0.0164 e. The van der Waals surface area contributed by atoms with Gasteiger partial charge in [0.1, 0.15) is 0 Å². The molecule has 2 bridgehead atoms. The van der Waals surface area contributed by atoms with Crippen LogP contribution in [0.25, 0.3) is 0 Å². The Kier molecular flexibility index (Phi) is 0.657. The SMILES string of the molecule is C=C(C)CC12C3CCC1C32. The van der Waals surface area contributed by atoms with Crippen molar-refractivity contribution < 1.29 is 0 Å². The summed E-state index contributed by atoms with van der Waals surface area (Å²) in [6.07, 6.45) is 4.44. The summed E-state index contributed by atoms with van der Waals surface area (Å²) in [4.78, 5) is 0. The van der Waals surface area contributed by atoms with Crippen LogP contribution < -0.4 is 0 Å². The van der Waals surface area contributed by atoms with Crippen LogP contribution in [0, 0.1) is 23.2 Å². The molecule has 0 spiro atoms. The Morgan fingerprint density at radius 1 is 1.50 bits per heavy atom. The Hall–Kier alpha value is -0.260. The molecule has 0 aromatic rings. The van der Waals surface area contributed by atoms with Gasteiger partial charge in [-0.1, -0.05) is 5.57 Å². The van der Waals surface area contributed by atoms with Crippen molar-refractivity contribution >= 4 is 0 Å². The van der Waals surface area contributed by atoms with Crippen LogP contribution in [-0.2, 0) is 0 Å². The van der Waals surface area contributed by atoms with Crippen molar-refractivity contribution in [3.8, 4) is 0 Å². The molecule has 2 unspecified atom stereocenters. The Labute approximate surface area is 62.3 Å². The van der Waals surface area contributed by atoms with E-state index in [2.05, 4.69) is 13.5 Å². The average molecular weight is 134 g/mol. The summed E-state index contributed by atoms with van der Waals surface area (Å²) in [5.41, 5.74) is 2.28. The Morgan fingerprint density at radius 3 is 2.50 bits per heavy atom. The first-order valence-corrected chi connectivity index (χ1v) is 4.41. The van der Waals surface area contributed by atoms with Gasteiger partial charge in [-0.05, 0) is 49.4 Å². The highest BCUT2D eigenvalue weighted by Crippen LogP contribution is 2.93. The molecule has 0 aliphatic heterocycles. The third kappa shape index (κ3) is 0.349. The van der Waals surface area contributed by atoms with Gasteiger partial charge >= 0.3 is 0 Å². The summed E-state index contributed by atoms with van der Waals surface area (Å²) in [7, 11) is 0. The zero-order valence-electron chi connectivity index (χ0n) is 6.56. The van der Waals surface area contributed by atoms with Crippen LogP contribution in [-0.4, -0.2) is 0 Å². The normalized spacial score (nSPS) is 59.9. The third-order valence-electron chi connectivity index (χ3n) is 4.05. The van der Waals surface area contributed by atoms with Gasteiger partial charge in [0.25, 0.3) is 0 Å². The molecule has 4 saturated carbocycles. The molecule has 0 radical (unpaired) electrons. The van der Waals surface area contributed by atoms with E-state index in [9.17, 15) is 0 Å². The van der Waals surface area contributed by atoms with E-state index < -0.39 is 0 Å². The summed E-state index contributed by atoms with van der Waals surface area (Å²) in [6.45, 7) is 6.19. The second kappa shape index (κ2) is 1.22. The standard InChI is InChI=1S/C10H14/c1-6(2)5-10-7-3-4-8(10)9(7)10/h7-9H,1,3-5H2,2H3. The van der Waals surface area contributed by atoms with Crippen LogP contribution in [0.4, 0.5) is 0 Å². The molecule has 0 heterocycles. The smallest absolute Gasteiger partial charge is 0.0164 e. The highest BCUT2D eigenvalue weighted by molar-refractivity contribution is 5.37. The zero-order valence-corrected chi connectivity index (χ0v) is 6.56. The molecule has 0 amide bonds. The number of allylic oxidation sites excluding steroid dienone is 1. The summed E-state index contributed by atoms with van der Waals surface area (Å²) in [6, 6.07) is 0. The lowest BCUT2D eigenvalue weighted by Crippen LogP contribution is -1.97. The minimum Gasteiger partial charge on any atom is -0.100 e. The van der Waals surface area contributed by atoms with E-state index in [1.807, 2.05) is 0 Å². The second-order valence-electron chi connectivity index (χ2n) is 4.56. The molecule has 4 aliphatic rings. The molecular formula is C10H14. The Bertz CT molecular complexity index is 193. The largest absolute Gasteiger partial charge is 0.100 e. The predicted molar refractivity (Wildman–Crippen MR) is 41.6 cm³/mol. The minimum atomic E-state index is 0.867. The number of rotatable bonds is 2. The summed E-state index contributed by atoms with van der Waals surface area (Å²) < 4.78 is 0. The lowest BCUT2D eigenvalue weighted by Gasteiger charge is -2.06. The fraction of sp³-hybridized carbons (Fsp3) is 0.800. The van der Waals surface area contributed by atoms with Crippen molar-refractivity contribution in [3.63, 3.8) is 0 Å². The molecule has 2 atom stereocenters. The number of fused-ring (bicyclic) bond motifs is 1. The summed E-state index contributed by atoms with van der Waals surface area (Å²) in [5.74, 6) is 3.51. The van der Waals surface area contributed by atoms with Gasteiger partial charge < -0.3 is 0 Å². The molecule has 0 N–H and O–H groups in total. The molecule has 4 rings (SSSR count). The highest BCUT2D eigenvalue weighted by atomic mass is 14.9. The highest BCUT2D eigenvalue weighted by Gasteiger charge is 2.87. The molecule has 0 aromatic carbocycles. The second-order valence-corrected chi connectivity index (χ2v) is 4.56. The first-order valence-electron chi connectivity index (χ1n) is 4.41. The molecule has 54 valence electrons. The van der Waals surface area contributed by atoms with Crippen LogP contribution in [0.5, 0.6) is 0 Å². The van der Waals surface area contributed by atoms with E-state index in [4.69, 9.17) is 0 Å². The molecular weight excluding hydrogens is 120 g/mol. The Morgan fingerprint density at radius 2 is 2.10 bits per heavy atom. The van der Waals surface area contributed by atoms with Gasteiger partial charge in [-0.2, -0.15) is 0 Å². The van der Waals surface area contributed by atoms with Crippen molar-refractivity contribution in [3.05, 3.63) is 12.2 Å². The van der Waals surface area contributed by atoms with Crippen molar-refractivity contribution in [1.82, 2.24) is 0 Å². The van der Waals surface area contributed by atoms with E-state index in [-0.39, 0.29) is 0 Å². The summed E-state index contributed by atoms with van der Waals surface area (Å²) >= 11 is 0. The quantitative estimate of drug-likeness (QED) is 0.509. The van der Waals surface area contributed by atoms with Crippen LogP contribution in [0.3, 0.4) is 0 Å². The topological polar surface area (TPSA) is 0 Å². The van der Waals surface area contributed by atoms with Crippen LogP contribution in [0.1, 0.15) is 26.2 Å². The van der Waals surface area contributed by atoms with Crippen molar-refractivity contribution in [1.29, 1.82) is 0 Å². The minimum absolute atomic E-state index is 0.867. The van der Waals surface area contributed by atoms with Crippen LogP contribution in [0.15, 0.2) is 12.2 Å². The van der Waals surface area contributed by atoms with E-state index in [0.717, 1.165) is 17.3 Å². The lowest BCUT2D eigenvalue weighted by atomic mass is 9.99.